The van der Waals surface area contributed by atoms with Crippen LogP contribution in [0.1, 0.15) is 32.6 Å². The summed E-state index contributed by atoms with van der Waals surface area (Å²) in [5.41, 5.74) is 5.69. The van der Waals surface area contributed by atoms with Gasteiger partial charge in [0, 0.05) is 25.7 Å². The summed E-state index contributed by atoms with van der Waals surface area (Å²) < 4.78 is 7.72. The molecule has 0 saturated carbocycles. The van der Waals surface area contributed by atoms with Crippen LogP contribution in [0.3, 0.4) is 0 Å². The topological polar surface area (TPSA) is 69.2 Å². The molecule has 0 radical (unpaired) electrons. The molecule has 18 heavy (non-hydrogen) atoms. The Kier molecular flexibility index (Phi) is 4.31. The predicted molar refractivity (Wildman–Crippen MR) is 69.1 cm³/mol. The highest BCUT2D eigenvalue weighted by Crippen LogP contribution is 2.14. The number of ether oxygens (including phenoxy) is 1. The maximum atomic E-state index is 5.75. The molecule has 2 unspecified atom stereocenters. The first-order chi connectivity index (χ1) is 8.60. The molecule has 102 valence electrons. The summed E-state index contributed by atoms with van der Waals surface area (Å²) in [5, 5.41) is 4.26. The van der Waals surface area contributed by atoms with Crippen molar-refractivity contribution in [3.8, 4) is 0 Å². The highest BCUT2D eigenvalue weighted by molar-refractivity contribution is 4.89. The van der Waals surface area contributed by atoms with E-state index in [1.807, 2.05) is 4.68 Å². The van der Waals surface area contributed by atoms with Gasteiger partial charge in [-0.3, -0.25) is 4.90 Å². The van der Waals surface area contributed by atoms with E-state index in [-0.39, 0.29) is 12.2 Å². The SMILES string of the molecule is CC1CN(Cc2ncnn2C(C)C)CC(CN)O1. The van der Waals surface area contributed by atoms with Gasteiger partial charge in [0.2, 0.25) is 0 Å². The van der Waals surface area contributed by atoms with Crippen LogP contribution in [0.4, 0.5) is 0 Å². The van der Waals surface area contributed by atoms with Crippen LogP contribution in [0.2, 0.25) is 0 Å². The van der Waals surface area contributed by atoms with E-state index in [1.54, 1.807) is 6.33 Å². The Hall–Kier alpha value is -0.980. The third kappa shape index (κ3) is 3.07. The molecule has 2 atom stereocenters. The molecule has 0 aliphatic carbocycles. The van der Waals surface area contributed by atoms with Crippen molar-refractivity contribution in [1.82, 2.24) is 19.7 Å². The Labute approximate surface area is 108 Å². The highest BCUT2D eigenvalue weighted by atomic mass is 16.5. The number of nitrogens with two attached hydrogens (primary N) is 1. The molecule has 1 aliphatic heterocycles. The molecule has 1 aromatic rings. The Morgan fingerprint density at radius 3 is 2.94 bits per heavy atom. The quantitative estimate of drug-likeness (QED) is 0.841. The largest absolute Gasteiger partial charge is 0.371 e. The molecule has 0 amide bonds. The van der Waals surface area contributed by atoms with Crippen molar-refractivity contribution in [2.24, 2.45) is 5.73 Å². The van der Waals surface area contributed by atoms with Crippen molar-refractivity contribution in [1.29, 1.82) is 0 Å². The number of hydrogen-bond acceptors (Lipinski definition) is 5. The van der Waals surface area contributed by atoms with Gasteiger partial charge in [-0.1, -0.05) is 0 Å². The molecule has 1 fully saturated rings. The van der Waals surface area contributed by atoms with E-state index in [0.29, 0.717) is 12.6 Å². The Balaban J connectivity index is 2.02. The number of rotatable bonds is 4. The zero-order valence-corrected chi connectivity index (χ0v) is 11.4. The van der Waals surface area contributed by atoms with Crippen molar-refractivity contribution < 1.29 is 4.74 Å². The lowest BCUT2D eigenvalue weighted by molar-refractivity contribution is -0.0753. The van der Waals surface area contributed by atoms with E-state index in [1.165, 1.54) is 0 Å². The minimum atomic E-state index is 0.129. The first-order valence-corrected chi connectivity index (χ1v) is 6.56. The zero-order chi connectivity index (χ0) is 13.1. The van der Waals surface area contributed by atoms with Crippen molar-refractivity contribution in [2.75, 3.05) is 19.6 Å². The van der Waals surface area contributed by atoms with Crippen LogP contribution in [0, 0.1) is 0 Å². The van der Waals surface area contributed by atoms with Crippen LogP contribution in [0.15, 0.2) is 6.33 Å². The third-order valence-electron chi connectivity index (χ3n) is 3.17. The van der Waals surface area contributed by atoms with Gasteiger partial charge in [0.1, 0.15) is 12.2 Å². The summed E-state index contributed by atoms with van der Waals surface area (Å²) in [7, 11) is 0. The van der Waals surface area contributed by atoms with Crippen LogP contribution in [-0.2, 0) is 11.3 Å². The third-order valence-corrected chi connectivity index (χ3v) is 3.17. The second-order valence-electron chi connectivity index (χ2n) is 5.21. The molecule has 1 aliphatic rings. The summed E-state index contributed by atoms with van der Waals surface area (Å²) in [6.45, 7) is 9.47. The molecule has 6 heteroatoms. The van der Waals surface area contributed by atoms with Crippen molar-refractivity contribution in [2.45, 2.75) is 45.6 Å². The summed E-state index contributed by atoms with van der Waals surface area (Å²) in [4.78, 5) is 6.69. The number of nitrogens with zero attached hydrogens (tertiary/aromatic N) is 4. The molecule has 0 spiro atoms. The number of hydrogen-bond donors (Lipinski definition) is 1. The van der Waals surface area contributed by atoms with Gasteiger partial charge < -0.3 is 10.5 Å². The van der Waals surface area contributed by atoms with Crippen molar-refractivity contribution in [3.05, 3.63) is 12.2 Å². The fourth-order valence-electron chi connectivity index (χ4n) is 2.42. The van der Waals surface area contributed by atoms with E-state index in [9.17, 15) is 0 Å². The molecule has 2 heterocycles. The lowest BCUT2D eigenvalue weighted by Crippen LogP contribution is -2.49. The van der Waals surface area contributed by atoms with Crippen LogP contribution in [-0.4, -0.2) is 51.5 Å². The second-order valence-corrected chi connectivity index (χ2v) is 5.21. The smallest absolute Gasteiger partial charge is 0.141 e. The van der Waals surface area contributed by atoms with Gasteiger partial charge in [0.05, 0.1) is 18.8 Å². The van der Waals surface area contributed by atoms with E-state index in [2.05, 4.69) is 35.8 Å². The van der Waals surface area contributed by atoms with E-state index in [4.69, 9.17) is 10.5 Å². The predicted octanol–water partition coefficient (Wildman–Crippen LogP) is 0.407. The standard InChI is InChI=1S/C12H23N5O/c1-9(2)17-12(14-8-15-17)7-16-5-10(3)18-11(4-13)6-16/h8-11H,4-7,13H2,1-3H3. The van der Waals surface area contributed by atoms with Crippen molar-refractivity contribution >= 4 is 0 Å². The van der Waals surface area contributed by atoms with E-state index < -0.39 is 0 Å². The first-order valence-electron chi connectivity index (χ1n) is 6.56. The highest BCUT2D eigenvalue weighted by Gasteiger charge is 2.25. The molecule has 6 nitrogen and oxygen atoms in total. The van der Waals surface area contributed by atoms with Crippen LogP contribution < -0.4 is 5.73 Å². The number of aromatic nitrogens is 3. The molecular weight excluding hydrogens is 230 g/mol. The molecule has 2 N–H and O–H groups in total. The fourth-order valence-corrected chi connectivity index (χ4v) is 2.42. The second kappa shape index (κ2) is 5.77. The normalized spacial score (nSPS) is 25.8. The molecule has 0 bridgehead atoms. The monoisotopic (exact) mass is 253 g/mol. The van der Waals surface area contributed by atoms with Gasteiger partial charge in [0.25, 0.3) is 0 Å². The van der Waals surface area contributed by atoms with E-state index >= 15 is 0 Å². The summed E-state index contributed by atoms with van der Waals surface area (Å²) in [6.07, 6.45) is 1.98. The molecular formula is C12H23N5O. The van der Waals surface area contributed by atoms with E-state index in [0.717, 1.165) is 25.5 Å². The average molecular weight is 253 g/mol. The van der Waals surface area contributed by atoms with Crippen LogP contribution in [0.5, 0.6) is 0 Å². The molecule has 2 rings (SSSR count). The summed E-state index contributed by atoms with van der Waals surface area (Å²) in [6, 6.07) is 0.339. The fraction of sp³-hybridized carbons (Fsp3) is 0.833. The minimum absolute atomic E-state index is 0.129. The minimum Gasteiger partial charge on any atom is -0.371 e. The maximum Gasteiger partial charge on any atom is 0.141 e. The van der Waals surface area contributed by atoms with Gasteiger partial charge in [-0.05, 0) is 20.8 Å². The lowest BCUT2D eigenvalue weighted by atomic mass is 10.2. The van der Waals surface area contributed by atoms with Crippen LogP contribution >= 0.6 is 0 Å². The number of morpholine rings is 1. The average Bonchev–Trinajstić information content (AvgIpc) is 2.76. The first kappa shape index (κ1) is 13.5. The lowest BCUT2D eigenvalue weighted by Gasteiger charge is -2.36. The molecule has 1 saturated heterocycles. The van der Waals surface area contributed by atoms with Gasteiger partial charge >= 0.3 is 0 Å². The maximum absolute atomic E-state index is 5.75. The molecule has 1 aromatic heterocycles. The van der Waals surface area contributed by atoms with Gasteiger partial charge in [-0.2, -0.15) is 5.10 Å². The Bertz CT molecular complexity index is 378. The summed E-state index contributed by atoms with van der Waals surface area (Å²) in [5.74, 6) is 1.01. The van der Waals surface area contributed by atoms with Gasteiger partial charge in [0.15, 0.2) is 0 Å². The zero-order valence-electron chi connectivity index (χ0n) is 11.4. The molecule has 0 aromatic carbocycles. The summed E-state index contributed by atoms with van der Waals surface area (Å²) >= 11 is 0. The van der Waals surface area contributed by atoms with Gasteiger partial charge in [-0.15, -0.1) is 0 Å². The van der Waals surface area contributed by atoms with Crippen molar-refractivity contribution in [3.63, 3.8) is 0 Å². The Morgan fingerprint density at radius 1 is 1.50 bits per heavy atom. The Morgan fingerprint density at radius 2 is 2.28 bits per heavy atom. The van der Waals surface area contributed by atoms with Crippen LogP contribution in [0.25, 0.3) is 0 Å². The van der Waals surface area contributed by atoms with Gasteiger partial charge in [-0.25, -0.2) is 9.67 Å².